The zero-order valence-corrected chi connectivity index (χ0v) is 13.6. The molecular weight excluding hydrogens is 304 g/mol. The highest BCUT2D eigenvalue weighted by atomic mass is 16.5. The Kier molecular flexibility index (Phi) is 4.79. The molecule has 1 N–H and O–H groups in total. The van der Waals surface area contributed by atoms with Crippen LogP contribution in [0.2, 0.25) is 0 Å². The van der Waals surface area contributed by atoms with Crippen molar-refractivity contribution in [2.24, 2.45) is 0 Å². The van der Waals surface area contributed by atoms with Gasteiger partial charge < -0.3 is 10.1 Å². The minimum absolute atomic E-state index is 0.0175. The summed E-state index contributed by atoms with van der Waals surface area (Å²) in [5.41, 5.74) is 1.67. The van der Waals surface area contributed by atoms with Gasteiger partial charge in [-0.3, -0.25) is 14.5 Å². The van der Waals surface area contributed by atoms with E-state index >= 15 is 0 Å². The number of carbonyl (C=O) groups excluding carboxylic acids is 2. The van der Waals surface area contributed by atoms with Crippen molar-refractivity contribution in [2.45, 2.75) is 19.4 Å². The molecule has 5 heteroatoms. The second-order valence-corrected chi connectivity index (χ2v) is 5.75. The van der Waals surface area contributed by atoms with Crippen LogP contribution in [-0.4, -0.2) is 25.0 Å². The van der Waals surface area contributed by atoms with E-state index in [2.05, 4.69) is 5.32 Å². The van der Waals surface area contributed by atoms with Gasteiger partial charge in [-0.25, -0.2) is 0 Å². The highest BCUT2D eigenvalue weighted by Gasteiger charge is 2.25. The second-order valence-electron chi connectivity index (χ2n) is 5.75. The summed E-state index contributed by atoms with van der Waals surface area (Å²) >= 11 is 0. The first kappa shape index (κ1) is 16.1. The molecule has 1 aliphatic rings. The fraction of sp³-hybridized carbons (Fsp3) is 0.263. The Hall–Kier alpha value is -2.82. The number of nitrogens with zero attached hydrogens (tertiary/aromatic N) is 1. The standard InChI is InChI=1S/C19H20N2O3/c1-14(15-7-3-2-4-8-15)20-18(22)13-21-16-9-5-6-10-17(16)24-12-11-19(21)23/h2-10,14H,11-13H2,1H3,(H,20,22)/t14-/m1/s1. The molecule has 0 unspecified atom stereocenters. The largest absolute Gasteiger partial charge is 0.491 e. The summed E-state index contributed by atoms with van der Waals surface area (Å²) < 4.78 is 5.59. The number of para-hydroxylation sites is 2. The summed E-state index contributed by atoms with van der Waals surface area (Å²) in [6.07, 6.45) is 0.260. The van der Waals surface area contributed by atoms with Crippen LogP contribution in [0, 0.1) is 0 Å². The van der Waals surface area contributed by atoms with Crippen LogP contribution in [0.3, 0.4) is 0 Å². The number of carbonyl (C=O) groups is 2. The molecule has 124 valence electrons. The van der Waals surface area contributed by atoms with Gasteiger partial charge in [0.25, 0.3) is 0 Å². The summed E-state index contributed by atoms with van der Waals surface area (Å²) in [7, 11) is 0. The maximum atomic E-state index is 12.4. The van der Waals surface area contributed by atoms with Gasteiger partial charge in [0, 0.05) is 0 Å². The van der Waals surface area contributed by atoms with Gasteiger partial charge in [-0.1, -0.05) is 42.5 Å². The Bertz CT molecular complexity index is 730. The van der Waals surface area contributed by atoms with Crippen molar-refractivity contribution in [3.63, 3.8) is 0 Å². The molecule has 1 heterocycles. The Morgan fingerprint density at radius 1 is 1.17 bits per heavy atom. The molecule has 0 fully saturated rings. The SMILES string of the molecule is C[C@@H](NC(=O)CN1C(=O)CCOc2ccccc21)c1ccccc1. The van der Waals surface area contributed by atoms with Crippen LogP contribution in [0.4, 0.5) is 5.69 Å². The zero-order valence-electron chi connectivity index (χ0n) is 13.6. The van der Waals surface area contributed by atoms with Crippen LogP contribution in [0.15, 0.2) is 54.6 Å². The Balaban J connectivity index is 1.72. The molecule has 0 spiro atoms. The molecule has 3 rings (SSSR count). The van der Waals surface area contributed by atoms with Gasteiger partial charge in [0.1, 0.15) is 12.3 Å². The van der Waals surface area contributed by atoms with Crippen molar-refractivity contribution in [2.75, 3.05) is 18.1 Å². The molecule has 0 bridgehead atoms. The summed E-state index contributed by atoms with van der Waals surface area (Å²) in [4.78, 5) is 26.2. The van der Waals surface area contributed by atoms with Crippen molar-refractivity contribution < 1.29 is 14.3 Å². The first-order valence-corrected chi connectivity index (χ1v) is 8.01. The number of hydrogen-bond donors (Lipinski definition) is 1. The first-order chi connectivity index (χ1) is 11.6. The molecule has 5 nitrogen and oxygen atoms in total. The average molecular weight is 324 g/mol. The van der Waals surface area contributed by atoms with Crippen LogP contribution in [0.5, 0.6) is 5.75 Å². The number of amides is 2. The van der Waals surface area contributed by atoms with Crippen molar-refractivity contribution in [3.8, 4) is 5.75 Å². The van der Waals surface area contributed by atoms with E-state index in [1.54, 1.807) is 6.07 Å². The van der Waals surface area contributed by atoms with E-state index in [4.69, 9.17) is 4.74 Å². The number of anilines is 1. The van der Waals surface area contributed by atoms with E-state index in [0.717, 1.165) is 5.56 Å². The number of benzene rings is 2. The van der Waals surface area contributed by atoms with Crippen LogP contribution in [0.1, 0.15) is 24.9 Å². The Morgan fingerprint density at radius 2 is 1.88 bits per heavy atom. The lowest BCUT2D eigenvalue weighted by atomic mass is 10.1. The summed E-state index contributed by atoms with van der Waals surface area (Å²) in [6, 6.07) is 16.9. The molecule has 0 saturated carbocycles. The second kappa shape index (κ2) is 7.17. The van der Waals surface area contributed by atoms with E-state index in [1.165, 1.54) is 4.90 Å². The summed E-state index contributed by atoms with van der Waals surface area (Å²) in [5.74, 6) is 0.325. The lowest BCUT2D eigenvalue weighted by Gasteiger charge is -2.22. The first-order valence-electron chi connectivity index (χ1n) is 8.01. The molecule has 0 aliphatic carbocycles. The predicted octanol–water partition coefficient (Wildman–Crippen LogP) is 2.68. The van der Waals surface area contributed by atoms with Crippen molar-refractivity contribution >= 4 is 17.5 Å². The number of nitrogens with one attached hydrogen (secondary N) is 1. The lowest BCUT2D eigenvalue weighted by molar-refractivity contribution is -0.124. The minimum Gasteiger partial charge on any atom is -0.491 e. The molecular formula is C19H20N2O3. The highest BCUT2D eigenvalue weighted by molar-refractivity contribution is 6.00. The van der Waals surface area contributed by atoms with E-state index in [1.807, 2.05) is 55.5 Å². The molecule has 2 aromatic carbocycles. The van der Waals surface area contributed by atoms with Gasteiger partial charge in [-0.2, -0.15) is 0 Å². The normalized spacial score (nSPS) is 15.0. The van der Waals surface area contributed by atoms with Gasteiger partial charge in [0.05, 0.1) is 24.8 Å². The average Bonchev–Trinajstić information content (AvgIpc) is 2.75. The van der Waals surface area contributed by atoms with Gasteiger partial charge in [0.2, 0.25) is 11.8 Å². The van der Waals surface area contributed by atoms with Crippen molar-refractivity contribution in [3.05, 3.63) is 60.2 Å². The van der Waals surface area contributed by atoms with E-state index < -0.39 is 0 Å². The third kappa shape index (κ3) is 3.56. The zero-order chi connectivity index (χ0) is 16.9. The molecule has 1 atom stereocenters. The van der Waals surface area contributed by atoms with Gasteiger partial charge in [-0.15, -0.1) is 0 Å². The summed E-state index contributed by atoms with van der Waals surface area (Å²) in [5, 5.41) is 2.94. The smallest absolute Gasteiger partial charge is 0.240 e. The van der Waals surface area contributed by atoms with E-state index in [9.17, 15) is 9.59 Å². The Labute approximate surface area is 141 Å². The Morgan fingerprint density at radius 3 is 2.67 bits per heavy atom. The topological polar surface area (TPSA) is 58.6 Å². The molecule has 2 aromatic rings. The van der Waals surface area contributed by atoms with Crippen LogP contribution in [0.25, 0.3) is 0 Å². The van der Waals surface area contributed by atoms with Crippen LogP contribution < -0.4 is 15.0 Å². The monoisotopic (exact) mass is 324 g/mol. The quantitative estimate of drug-likeness (QED) is 0.941. The van der Waals surface area contributed by atoms with E-state index in [-0.39, 0.29) is 30.8 Å². The fourth-order valence-electron chi connectivity index (χ4n) is 2.75. The fourth-order valence-corrected chi connectivity index (χ4v) is 2.75. The highest BCUT2D eigenvalue weighted by Crippen LogP contribution is 2.30. The minimum atomic E-state index is -0.198. The van der Waals surface area contributed by atoms with Gasteiger partial charge in [-0.05, 0) is 24.6 Å². The number of hydrogen-bond acceptors (Lipinski definition) is 3. The lowest BCUT2D eigenvalue weighted by Crippen LogP contribution is -2.41. The molecule has 0 saturated heterocycles. The number of rotatable bonds is 4. The van der Waals surface area contributed by atoms with Crippen molar-refractivity contribution in [1.82, 2.24) is 5.32 Å². The number of ether oxygens (including phenoxy) is 1. The molecule has 24 heavy (non-hydrogen) atoms. The van der Waals surface area contributed by atoms with E-state index in [0.29, 0.717) is 18.0 Å². The maximum Gasteiger partial charge on any atom is 0.240 e. The van der Waals surface area contributed by atoms with Crippen LogP contribution in [-0.2, 0) is 9.59 Å². The van der Waals surface area contributed by atoms with Gasteiger partial charge in [0.15, 0.2) is 0 Å². The third-order valence-corrected chi connectivity index (χ3v) is 4.01. The maximum absolute atomic E-state index is 12.4. The molecule has 1 aliphatic heterocycles. The van der Waals surface area contributed by atoms with Crippen molar-refractivity contribution in [1.29, 1.82) is 0 Å². The van der Waals surface area contributed by atoms with Crippen LogP contribution >= 0.6 is 0 Å². The molecule has 0 aromatic heterocycles. The number of fused-ring (bicyclic) bond motifs is 1. The third-order valence-electron chi connectivity index (χ3n) is 4.01. The van der Waals surface area contributed by atoms with Gasteiger partial charge >= 0.3 is 0 Å². The molecule has 0 radical (unpaired) electrons. The molecule has 2 amide bonds. The predicted molar refractivity (Wildman–Crippen MR) is 91.9 cm³/mol. The summed E-state index contributed by atoms with van der Waals surface area (Å²) in [6.45, 7) is 2.24.